The van der Waals surface area contributed by atoms with E-state index in [2.05, 4.69) is 34.5 Å². The second-order valence-electron chi connectivity index (χ2n) is 7.48. The Bertz CT molecular complexity index is 784. The fourth-order valence-corrected chi connectivity index (χ4v) is 4.06. The van der Waals surface area contributed by atoms with Gasteiger partial charge in [-0.15, -0.1) is 0 Å². The zero-order chi connectivity index (χ0) is 19.3. The first-order chi connectivity index (χ1) is 13.7. The number of nitrogens with one attached hydrogen (secondary N) is 1. The lowest BCUT2D eigenvalue weighted by Crippen LogP contribution is -2.48. The van der Waals surface area contributed by atoms with E-state index in [0.717, 1.165) is 30.1 Å². The van der Waals surface area contributed by atoms with E-state index in [1.165, 1.54) is 5.69 Å². The minimum absolute atomic E-state index is 0.00849. The summed E-state index contributed by atoms with van der Waals surface area (Å²) >= 11 is 5.98. The Morgan fingerprint density at radius 3 is 2.64 bits per heavy atom. The molecule has 2 aromatic rings. The van der Waals surface area contributed by atoms with Gasteiger partial charge in [0.25, 0.3) is 0 Å². The molecule has 1 N–H and O–H groups in total. The van der Waals surface area contributed by atoms with Gasteiger partial charge < -0.3 is 19.9 Å². The molecule has 28 heavy (non-hydrogen) atoms. The van der Waals surface area contributed by atoms with Crippen molar-refractivity contribution < 1.29 is 9.53 Å². The molecule has 2 unspecified atom stereocenters. The number of ether oxygens (including phenoxy) is 1. The van der Waals surface area contributed by atoms with E-state index in [1.54, 1.807) is 0 Å². The lowest BCUT2D eigenvalue weighted by Gasteiger charge is -2.33. The molecule has 2 fully saturated rings. The standard InChI is InChI=1S/C22H26ClN3O2/c23-19-6-8-20(9-7-19)25-11-10-17(15-25)14-24-22(27)26-12-13-28-21(16-26)18-4-2-1-3-5-18/h1-9,17,21H,10-16H2,(H,24,27). The van der Waals surface area contributed by atoms with E-state index < -0.39 is 0 Å². The Labute approximate surface area is 171 Å². The number of urea groups is 1. The molecule has 6 heteroatoms. The summed E-state index contributed by atoms with van der Waals surface area (Å²) in [5, 5.41) is 3.89. The largest absolute Gasteiger partial charge is 0.371 e. The van der Waals surface area contributed by atoms with Crippen molar-refractivity contribution in [1.29, 1.82) is 0 Å². The molecule has 0 spiro atoms. The van der Waals surface area contributed by atoms with E-state index in [1.807, 2.05) is 35.2 Å². The Morgan fingerprint density at radius 2 is 1.86 bits per heavy atom. The van der Waals surface area contributed by atoms with Crippen molar-refractivity contribution in [2.75, 3.05) is 44.2 Å². The molecular weight excluding hydrogens is 374 g/mol. The average molecular weight is 400 g/mol. The first kappa shape index (κ1) is 19.1. The quantitative estimate of drug-likeness (QED) is 0.846. The lowest BCUT2D eigenvalue weighted by molar-refractivity contribution is -0.0155. The van der Waals surface area contributed by atoms with Gasteiger partial charge in [0.1, 0.15) is 6.10 Å². The predicted octanol–water partition coefficient (Wildman–Crippen LogP) is 3.95. The molecule has 0 aliphatic carbocycles. The van der Waals surface area contributed by atoms with Gasteiger partial charge in [-0.05, 0) is 42.2 Å². The number of nitrogens with zero attached hydrogens (tertiary/aromatic N) is 2. The normalized spacial score (nSPS) is 22.3. The van der Waals surface area contributed by atoms with Crippen molar-refractivity contribution in [3.05, 3.63) is 65.2 Å². The molecule has 4 rings (SSSR count). The summed E-state index contributed by atoms with van der Waals surface area (Å²) in [4.78, 5) is 16.9. The zero-order valence-electron chi connectivity index (χ0n) is 15.9. The molecule has 0 bridgehead atoms. The first-order valence-corrected chi connectivity index (χ1v) is 10.3. The third kappa shape index (κ3) is 4.59. The third-order valence-corrected chi connectivity index (χ3v) is 5.80. The molecule has 0 saturated carbocycles. The fraction of sp³-hybridized carbons (Fsp3) is 0.409. The summed E-state index contributed by atoms with van der Waals surface area (Å²) < 4.78 is 5.86. The van der Waals surface area contributed by atoms with Crippen LogP contribution in [-0.2, 0) is 4.74 Å². The van der Waals surface area contributed by atoms with E-state index in [-0.39, 0.29) is 12.1 Å². The predicted molar refractivity (Wildman–Crippen MR) is 112 cm³/mol. The van der Waals surface area contributed by atoms with Crippen molar-refractivity contribution in [2.24, 2.45) is 5.92 Å². The van der Waals surface area contributed by atoms with Gasteiger partial charge in [-0.2, -0.15) is 0 Å². The minimum Gasteiger partial charge on any atom is -0.371 e. The molecule has 0 aromatic heterocycles. The SMILES string of the molecule is O=C(NCC1CCN(c2ccc(Cl)cc2)C1)N1CCOC(c2ccccc2)C1. The number of halogens is 1. The number of amides is 2. The number of hydrogen-bond acceptors (Lipinski definition) is 3. The summed E-state index contributed by atoms with van der Waals surface area (Å²) in [5.41, 5.74) is 2.31. The molecule has 148 valence electrons. The Kier molecular flexibility index (Phi) is 6.03. The van der Waals surface area contributed by atoms with Crippen LogP contribution in [0.15, 0.2) is 54.6 Å². The smallest absolute Gasteiger partial charge is 0.317 e. The lowest BCUT2D eigenvalue weighted by atomic mass is 10.1. The van der Waals surface area contributed by atoms with Crippen LogP contribution in [0.5, 0.6) is 0 Å². The Hall–Kier alpha value is -2.24. The fourth-order valence-electron chi connectivity index (χ4n) is 3.93. The Morgan fingerprint density at radius 1 is 1.07 bits per heavy atom. The molecule has 2 aliphatic heterocycles. The highest BCUT2D eigenvalue weighted by Gasteiger charge is 2.27. The van der Waals surface area contributed by atoms with Gasteiger partial charge in [0.2, 0.25) is 0 Å². The number of rotatable bonds is 4. The number of anilines is 1. The van der Waals surface area contributed by atoms with E-state index in [0.29, 0.717) is 32.2 Å². The van der Waals surface area contributed by atoms with E-state index in [9.17, 15) is 4.79 Å². The van der Waals surface area contributed by atoms with Crippen LogP contribution in [0, 0.1) is 5.92 Å². The topological polar surface area (TPSA) is 44.8 Å². The van der Waals surface area contributed by atoms with Crippen molar-refractivity contribution >= 4 is 23.3 Å². The van der Waals surface area contributed by atoms with Crippen LogP contribution in [0.2, 0.25) is 5.02 Å². The minimum atomic E-state index is -0.0485. The highest BCUT2D eigenvalue weighted by molar-refractivity contribution is 6.30. The zero-order valence-corrected chi connectivity index (χ0v) is 16.6. The van der Waals surface area contributed by atoms with Crippen LogP contribution in [0.4, 0.5) is 10.5 Å². The summed E-state index contributed by atoms with van der Waals surface area (Å²) in [6, 6.07) is 18.1. The maximum absolute atomic E-state index is 12.7. The van der Waals surface area contributed by atoms with Crippen LogP contribution in [0.25, 0.3) is 0 Å². The molecule has 2 aliphatic rings. The number of hydrogen-bond donors (Lipinski definition) is 1. The molecule has 2 heterocycles. The van der Waals surface area contributed by atoms with Crippen LogP contribution < -0.4 is 10.2 Å². The molecule has 5 nitrogen and oxygen atoms in total. The second kappa shape index (κ2) is 8.84. The summed E-state index contributed by atoms with van der Waals surface area (Å²) in [6.45, 7) is 4.47. The maximum atomic E-state index is 12.7. The Balaban J connectivity index is 1.26. The third-order valence-electron chi connectivity index (χ3n) is 5.54. The summed E-state index contributed by atoms with van der Waals surface area (Å²) in [6.07, 6.45) is 1.03. The number of carbonyl (C=O) groups is 1. The number of benzene rings is 2. The van der Waals surface area contributed by atoms with Gasteiger partial charge >= 0.3 is 6.03 Å². The van der Waals surface area contributed by atoms with Gasteiger partial charge in [0.05, 0.1) is 13.2 Å². The summed E-state index contributed by atoms with van der Waals surface area (Å²) in [5.74, 6) is 0.464. The molecule has 2 amide bonds. The van der Waals surface area contributed by atoms with Crippen molar-refractivity contribution in [3.63, 3.8) is 0 Å². The molecule has 2 saturated heterocycles. The average Bonchev–Trinajstić information content (AvgIpc) is 3.22. The van der Waals surface area contributed by atoms with Gasteiger partial charge in [-0.1, -0.05) is 41.9 Å². The maximum Gasteiger partial charge on any atom is 0.317 e. The highest BCUT2D eigenvalue weighted by atomic mass is 35.5. The van der Waals surface area contributed by atoms with Gasteiger partial charge in [0, 0.05) is 36.9 Å². The molecule has 0 radical (unpaired) electrons. The summed E-state index contributed by atoms with van der Waals surface area (Å²) in [7, 11) is 0. The molecule has 2 atom stereocenters. The number of carbonyl (C=O) groups excluding carboxylic acids is 1. The van der Waals surface area contributed by atoms with Gasteiger partial charge in [-0.3, -0.25) is 0 Å². The molecular formula is C22H26ClN3O2. The number of morpholine rings is 1. The van der Waals surface area contributed by atoms with E-state index >= 15 is 0 Å². The van der Waals surface area contributed by atoms with Crippen molar-refractivity contribution in [2.45, 2.75) is 12.5 Å². The van der Waals surface area contributed by atoms with Crippen LogP contribution in [-0.4, -0.2) is 50.3 Å². The second-order valence-corrected chi connectivity index (χ2v) is 7.92. The monoisotopic (exact) mass is 399 g/mol. The van der Waals surface area contributed by atoms with Gasteiger partial charge in [-0.25, -0.2) is 4.79 Å². The van der Waals surface area contributed by atoms with E-state index in [4.69, 9.17) is 16.3 Å². The van der Waals surface area contributed by atoms with Gasteiger partial charge in [0.15, 0.2) is 0 Å². The van der Waals surface area contributed by atoms with Crippen molar-refractivity contribution in [1.82, 2.24) is 10.2 Å². The van der Waals surface area contributed by atoms with Crippen LogP contribution in [0.1, 0.15) is 18.1 Å². The highest BCUT2D eigenvalue weighted by Crippen LogP contribution is 2.25. The van der Waals surface area contributed by atoms with Crippen LogP contribution in [0.3, 0.4) is 0 Å². The van der Waals surface area contributed by atoms with Crippen molar-refractivity contribution in [3.8, 4) is 0 Å². The first-order valence-electron chi connectivity index (χ1n) is 9.89. The van der Waals surface area contributed by atoms with Crippen LogP contribution >= 0.6 is 11.6 Å². The molecule has 2 aromatic carbocycles.